The van der Waals surface area contributed by atoms with Crippen LogP contribution in [0.25, 0.3) is 0 Å². The summed E-state index contributed by atoms with van der Waals surface area (Å²) < 4.78 is 9.90. The molecular formula is C12H17NO3. The van der Waals surface area contributed by atoms with Crippen molar-refractivity contribution in [2.24, 2.45) is 0 Å². The van der Waals surface area contributed by atoms with E-state index in [4.69, 9.17) is 9.47 Å². The van der Waals surface area contributed by atoms with Gasteiger partial charge in [0.15, 0.2) is 0 Å². The number of methoxy groups -OCH3 is 1. The van der Waals surface area contributed by atoms with Crippen LogP contribution in [-0.2, 0) is 4.74 Å². The summed E-state index contributed by atoms with van der Waals surface area (Å²) in [6.45, 7) is 3.83. The van der Waals surface area contributed by atoms with Crippen LogP contribution in [0.2, 0.25) is 0 Å². The van der Waals surface area contributed by atoms with Gasteiger partial charge in [-0.05, 0) is 24.3 Å². The number of hydrogen-bond donors (Lipinski definition) is 1. The third kappa shape index (κ3) is 4.91. The molecule has 4 nitrogen and oxygen atoms in total. The summed E-state index contributed by atoms with van der Waals surface area (Å²) in [6.07, 6.45) is 0.805. The second-order valence-electron chi connectivity index (χ2n) is 3.25. The molecule has 4 heteroatoms. The molecule has 1 aliphatic heterocycles. The first-order valence-electron chi connectivity index (χ1n) is 5.24. The highest BCUT2D eigenvalue weighted by atomic mass is 16.5. The van der Waals surface area contributed by atoms with Crippen molar-refractivity contribution < 1.29 is 14.3 Å². The second kappa shape index (κ2) is 7.84. The van der Waals surface area contributed by atoms with E-state index in [1.807, 2.05) is 0 Å². The van der Waals surface area contributed by atoms with Crippen molar-refractivity contribution >= 4 is 6.29 Å². The van der Waals surface area contributed by atoms with Crippen molar-refractivity contribution in [3.63, 3.8) is 0 Å². The average molecular weight is 223 g/mol. The Bertz CT molecular complexity index is 282. The smallest absolute Gasteiger partial charge is 0.150 e. The van der Waals surface area contributed by atoms with Gasteiger partial charge in [-0.1, -0.05) is 0 Å². The van der Waals surface area contributed by atoms with E-state index in [9.17, 15) is 4.79 Å². The van der Waals surface area contributed by atoms with E-state index in [1.165, 1.54) is 0 Å². The Morgan fingerprint density at radius 1 is 1.25 bits per heavy atom. The molecule has 1 aliphatic rings. The van der Waals surface area contributed by atoms with Crippen molar-refractivity contribution in [1.29, 1.82) is 0 Å². The molecule has 0 spiro atoms. The molecule has 1 saturated heterocycles. The lowest BCUT2D eigenvalue weighted by molar-refractivity contribution is 0.109. The van der Waals surface area contributed by atoms with E-state index in [-0.39, 0.29) is 0 Å². The van der Waals surface area contributed by atoms with Gasteiger partial charge < -0.3 is 14.8 Å². The maximum atomic E-state index is 10.2. The molecular weight excluding hydrogens is 206 g/mol. The Hall–Kier alpha value is -1.39. The van der Waals surface area contributed by atoms with E-state index in [2.05, 4.69) is 5.32 Å². The summed E-state index contributed by atoms with van der Waals surface area (Å²) in [6, 6.07) is 6.94. The van der Waals surface area contributed by atoms with Gasteiger partial charge in [-0.15, -0.1) is 0 Å². The van der Waals surface area contributed by atoms with Gasteiger partial charge in [0.2, 0.25) is 0 Å². The van der Waals surface area contributed by atoms with Crippen LogP contribution < -0.4 is 10.1 Å². The van der Waals surface area contributed by atoms with Gasteiger partial charge in [-0.2, -0.15) is 0 Å². The number of rotatable bonds is 2. The molecule has 1 heterocycles. The van der Waals surface area contributed by atoms with Crippen LogP contribution in [0, 0.1) is 0 Å². The van der Waals surface area contributed by atoms with Crippen LogP contribution in [0.5, 0.6) is 5.75 Å². The number of morpholine rings is 1. The second-order valence-corrected chi connectivity index (χ2v) is 3.25. The van der Waals surface area contributed by atoms with E-state index in [0.29, 0.717) is 5.56 Å². The van der Waals surface area contributed by atoms with E-state index in [0.717, 1.165) is 38.3 Å². The quantitative estimate of drug-likeness (QED) is 0.763. The summed E-state index contributed by atoms with van der Waals surface area (Å²) >= 11 is 0. The molecule has 1 aromatic rings. The maximum absolute atomic E-state index is 10.2. The summed E-state index contributed by atoms with van der Waals surface area (Å²) in [5, 5.41) is 3.16. The number of carbonyl (C=O) groups excluding carboxylic acids is 1. The number of aldehydes is 1. The van der Waals surface area contributed by atoms with Crippen LogP contribution >= 0.6 is 0 Å². The molecule has 0 saturated carbocycles. The third-order valence-corrected chi connectivity index (χ3v) is 2.10. The lowest BCUT2D eigenvalue weighted by Gasteiger charge is -2.10. The molecule has 16 heavy (non-hydrogen) atoms. The van der Waals surface area contributed by atoms with Crippen LogP contribution in [0.4, 0.5) is 0 Å². The Morgan fingerprint density at radius 3 is 2.19 bits per heavy atom. The van der Waals surface area contributed by atoms with Crippen LogP contribution in [0.1, 0.15) is 10.4 Å². The largest absolute Gasteiger partial charge is 0.497 e. The number of ether oxygens (including phenoxy) is 2. The predicted octanol–water partition coefficient (Wildman–Crippen LogP) is 1.11. The predicted molar refractivity (Wildman–Crippen MR) is 62.1 cm³/mol. The highest BCUT2D eigenvalue weighted by Crippen LogP contribution is 2.09. The van der Waals surface area contributed by atoms with Crippen molar-refractivity contribution in [3.05, 3.63) is 29.8 Å². The summed E-state index contributed by atoms with van der Waals surface area (Å²) in [5.74, 6) is 0.769. The fraction of sp³-hybridized carbons (Fsp3) is 0.417. The molecule has 1 aromatic carbocycles. The molecule has 88 valence electrons. The van der Waals surface area contributed by atoms with Crippen molar-refractivity contribution in [3.8, 4) is 5.75 Å². The molecule has 0 aliphatic carbocycles. The van der Waals surface area contributed by atoms with Crippen LogP contribution in [0.15, 0.2) is 24.3 Å². The summed E-state index contributed by atoms with van der Waals surface area (Å²) in [7, 11) is 1.59. The van der Waals surface area contributed by atoms with Crippen molar-refractivity contribution in [1.82, 2.24) is 5.32 Å². The number of hydrogen-bond acceptors (Lipinski definition) is 4. The summed E-state index contributed by atoms with van der Waals surface area (Å²) in [5.41, 5.74) is 0.667. The van der Waals surface area contributed by atoms with Crippen LogP contribution in [-0.4, -0.2) is 39.7 Å². The van der Waals surface area contributed by atoms with Crippen molar-refractivity contribution in [2.75, 3.05) is 33.4 Å². The number of nitrogens with one attached hydrogen (secondary N) is 1. The first-order valence-corrected chi connectivity index (χ1v) is 5.24. The molecule has 2 rings (SSSR count). The van der Waals surface area contributed by atoms with E-state index in [1.54, 1.807) is 31.4 Å². The third-order valence-electron chi connectivity index (χ3n) is 2.10. The lowest BCUT2D eigenvalue weighted by Crippen LogP contribution is -2.30. The Kier molecular flexibility index (Phi) is 6.22. The number of benzene rings is 1. The molecule has 0 amide bonds. The SMILES string of the molecule is C1COCCN1.COc1ccc(C=O)cc1. The molecule has 0 atom stereocenters. The van der Waals surface area contributed by atoms with Gasteiger partial charge in [0.1, 0.15) is 12.0 Å². The zero-order valence-corrected chi connectivity index (χ0v) is 9.44. The van der Waals surface area contributed by atoms with Gasteiger partial charge in [0.25, 0.3) is 0 Å². The normalized spacial score (nSPS) is 14.6. The first-order chi connectivity index (χ1) is 7.86. The van der Waals surface area contributed by atoms with E-state index < -0.39 is 0 Å². The van der Waals surface area contributed by atoms with Crippen molar-refractivity contribution in [2.45, 2.75) is 0 Å². The Balaban J connectivity index is 0.000000181. The maximum Gasteiger partial charge on any atom is 0.150 e. The fourth-order valence-electron chi connectivity index (χ4n) is 1.20. The minimum absolute atomic E-state index is 0.667. The first kappa shape index (κ1) is 12.7. The van der Waals surface area contributed by atoms with Gasteiger partial charge >= 0.3 is 0 Å². The summed E-state index contributed by atoms with van der Waals surface area (Å²) in [4.78, 5) is 10.2. The lowest BCUT2D eigenvalue weighted by atomic mass is 10.2. The highest BCUT2D eigenvalue weighted by Gasteiger charge is 1.93. The van der Waals surface area contributed by atoms with Gasteiger partial charge in [-0.25, -0.2) is 0 Å². The highest BCUT2D eigenvalue weighted by molar-refractivity contribution is 5.74. The number of carbonyl (C=O) groups is 1. The average Bonchev–Trinajstić information content (AvgIpc) is 2.41. The van der Waals surface area contributed by atoms with Crippen LogP contribution in [0.3, 0.4) is 0 Å². The topological polar surface area (TPSA) is 47.6 Å². The minimum atomic E-state index is 0.667. The van der Waals surface area contributed by atoms with Gasteiger partial charge in [-0.3, -0.25) is 4.79 Å². The molecule has 1 fully saturated rings. The Morgan fingerprint density at radius 2 is 1.88 bits per heavy atom. The molecule has 0 unspecified atom stereocenters. The fourth-order valence-corrected chi connectivity index (χ4v) is 1.20. The molecule has 0 aromatic heterocycles. The minimum Gasteiger partial charge on any atom is -0.497 e. The molecule has 0 bridgehead atoms. The molecule has 0 radical (unpaired) electrons. The molecule has 1 N–H and O–H groups in total. The Labute approximate surface area is 95.6 Å². The zero-order valence-electron chi connectivity index (χ0n) is 9.44. The van der Waals surface area contributed by atoms with E-state index >= 15 is 0 Å². The zero-order chi connectivity index (χ0) is 11.6. The van der Waals surface area contributed by atoms with Gasteiger partial charge in [0, 0.05) is 18.7 Å². The monoisotopic (exact) mass is 223 g/mol. The standard InChI is InChI=1S/C8H8O2.C4H9NO/c1-10-8-4-2-7(6-9)3-5-8;1-3-6-4-2-5-1/h2-6H,1H3;5H,1-4H2. The van der Waals surface area contributed by atoms with Gasteiger partial charge in [0.05, 0.1) is 20.3 Å².